The molecule has 0 radical (unpaired) electrons. The Kier molecular flexibility index (Phi) is 6.22. The number of aromatic nitrogens is 4. The maximum Gasteiger partial charge on any atom is 0.321 e. The first-order valence-corrected chi connectivity index (χ1v) is 9.28. The minimum Gasteiger partial charge on any atom is -0.508 e. The number of rotatable bonds is 6. The first kappa shape index (κ1) is 19.4. The number of aromatic hydroxyl groups is 1. The molecule has 1 aromatic heterocycles. The molecule has 3 amide bonds. The van der Waals surface area contributed by atoms with Crippen LogP contribution in [0, 0.1) is 0 Å². The number of thioether (sulfide) groups is 1. The molecule has 0 unspecified atom stereocenters. The van der Waals surface area contributed by atoms with Crippen molar-refractivity contribution in [2.24, 2.45) is 0 Å². The van der Waals surface area contributed by atoms with E-state index < -0.39 is 17.2 Å². The number of hydrogen-bond acceptors (Lipinski definition) is 7. The maximum atomic E-state index is 12.3. The first-order chi connectivity index (χ1) is 13.5. The molecule has 3 rings (SSSR count). The number of carbonyl (C=O) groups excluding carboxylic acids is 2. The van der Waals surface area contributed by atoms with Crippen LogP contribution in [-0.4, -0.2) is 42.5 Å². The van der Waals surface area contributed by atoms with Gasteiger partial charge in [-0.15, -0.1) is 5.10 Å². The molecule has 3 aromatic rings. The Balaban J connectivity index is 1.55. The van der Waals surface area contributed by atoms with Crippen LogP contribution in [0.2, 0.25) is 0 Å². The molecule has 144 valence electrons. The summed E-state index contributed by atoms with van der Waals surface area (Å²) in [6, 6.07) is 15.1. The Morgan fingerprint density at radius 2 is 1.86 bits per heavy atom. The second-order valence-corrected chi connectivity index (χ2v) is 7.12. The quantitative estimate of drug-likeness (QED) is 0.542. The number of amides is 3. The molecule has 0 fully saturated rings. The lowest BCUT2D eigenvalue weighted by Crippen LogP contribution is -2.42. The van der Waals surface area contributed by atoms with Gasteiger partial charge in [0, 0.05) is 6.54 Å². The number of phenolic OH excluding ortho intramolecular Hbond substituents is 1. The fourth-order valence-electron chi connectivity index (χ4n) is 2.26. The van der Waals surface area contributed by atoms with Gasteiger partial charge in [-0.3, -0.25) is 10.1 Å². The first-order valence-electron chi connectivity index (χ1n) is 8.40. The predicted molar refractivity (Wildman–Crippen MR) is 103 cm³/mol. The van der Waals surface area contributed by atoms with Gasteiger partial charge in [0.15, 0.2) is 0 Å². The highest BCUT2D eigenvalue weighted by molar-refractivity contribution is 8.00. The second kappa shape index (κ2) is 9.00. The van der Waals surface area contributed by atoms with Crippen molar-refractivity contribution in [3.05, 3.63) is 60.2 Å². The number of phenols is 1. The standard InChI is InChI=1S/C18H18N6O3S/c1-12(16(26)20-17(27)19-11-13-5-3-2-4-6-13)28-18-21-22-23-24(18)14-7-9-15(25)10-8-14/h2-10,12,25H,11H2,1H3,(H2,19,20,26,27)/t12-/m0/s1. The van der Waals surface area contributed by atoms with E-state index in [0.717, 1.165) is 17.3 Å². The van der Waals surface area contributed by atoms with E-state index in [2.05, 4.69) is 26.2 Å². The Morgan fingerprint density at radius 1 is 1.14 bits per heavy atom. The Labute approximate surface area is 165 Å². The van der Waals surface area contributed by atoms with Gasteiger partial charge in [0.25, 0.3) is 0 Å². The monoisotopic (exact) mass is 398 g/mol. The number of hydrogen-bond donors (Lipinski definition) is 3. The molecule has 2 aromatic carbocycles. The van der Waals surface area contributed by atoms with Crippen molar-refractivity contribution in [2.75, 3.05) is 0 Å². The zero-order valence-electron chi connectivity index (χ0n) is 14.9. The number of nitrogens with one attached hydrogen (secondary N) is 2. The average Bonchev–Trinajstić information content (AvgIpc) is 3.16. The van der Waals surface area contributed by atoms with Crippen molar-refractivity contribution in [3.8, 4) is 11.4 Å². The van der Waals surface area contributed by atoms with E-state index in [1.807, 2.05) is 30.3 Å². The summed E-state index contributed by atoms with van der Waals surface area (Å²) >= 11 is 1.11. The van der Waals surface area contributed by atoms with Gasteiger partial charge in [0.05, 0.1) is 10.9 Å². The third-order valence-corrected chi connectivity index (χ3v) is 4.75. The van der Waals surface area contributed by atoms with Crippen LogP contribution in [0.3, 0.4) is 0 Å². The number of carbonyl (C=O) groups is 2. The predicted octanol–water partition coefficient (Wildman–Crippen LogP) is 1.87. The lowest BCUT2D eigenvalue weighted by molar-refractivity contribution is -0.119. The van der Waals surface area contributed by atoms with Crippen molar-refractivity contribution in [3.63, 3.8) is 0 Å². The van der Waals surface area contributed by atoms with E-state index in [1.54, 1.807) is 19.1 Å². The van der Waals surface area contributed by atoms with Crippen LogP contribution in [0.25, 0.3) is 5.69 Å². The van der Waals surface area contributed by atoms with Crippen molar-refractivity contribution >= 4 is 23.7 Å². The zero-order chi connectivity index (χ0) is 19.9. The largest absolute Gasteiger partial charge is 0.508 e. The van der Waals surface area contributed by atoms with Gasteiger partial charge in [-0.2, -0.15) is 4.68 Å². The molecule has 9 nitrogen and oxygen atoms in total. The summed E-state index contributed by atoms with van der Waals surface area (Å²) in [5, 5.41) is 25.5. The molecule has 0 aliphatic heterocycles. The van der Waals surface area contributed by atoms with Gasteiger partial charge in [-0.1, -0.05) is 42.1 Å². The van der Waals surface area contributed by atoms with Gasteiger partial charge in [0.2, 0.25) is 11.1 Å². The normalized spacial score (nSPS) is 11.6. The lowest BCUT2D eigenvalue weighted by Gasteiger charge is -2.12. The highest BCUT2D eigenvalue weighted by Gasteiger charge is 2.21. The summed E-state index contributed by atoms with van der Waals surface area (Å²) in [5.41, 5.74) is 1.57. The van der Waals surface area contributed by atoms with Crippen LogP contribution in [0.4, 0.5) is 4.79 Å². The van der Waals surface area contributed by atoms with Gasteiger partial charge in [-0.25, -0.2) is 4.79 Å². The molecule has 0 spiro atoms. The van der Waals surface area contributed by atoms with E-state index >= 15 is 0 Å². The number of tetrazole rings is 1. The lowest BCUT2D eigenvalue weighted by atomic mass is 10.2. The molecule has 1 atom stereocenters. The molecule has 0 bridgehead atoms. The number of urea groups is 1. The van der Waals surface area contributed by atoms with Gasteiger partial charge in [-0.05, 0) is 47.2 Å². The van der Waals surface area contributed by atoms with Crippen LogP contribution in [0.1, 0.15) is 12.5 Å². The third kappa shape index (κ3) is 5.07. The molecular formula is C18H18N6O3S. The molecule has 10 heteroatoms. The molecule has 0 saturated heterocycles. The number of benzene rings is 2. The summed E-state index contributed by atoms with van der Waals surface area (Å²) in [5.74, 6) is -0.337. The molecule has 28 heavy (non-hydrogen) atoms. The maximum absolute atomic E-state index is 12.3. The summed E-state index contributed by atoms with van der Waals surface area (Å²) < 4.78 is 1.45. The summed E-state index contributed by atoms with van der Waals surface area (Å²) in [6.45, 7) is 1.97. The Hall–Kier alpha value is -3.40. The summed E-state index contributed by atoms with van der Waals surface area (Å²) in [6.07, 6.45) is 0. The smallest absolute Gasteiger partial charge is 0.321 e. The van der Waals surface area contributed by atoms with E-state index in [4.69, 9.17) is 0 Å². The SMILES string of the molecule is C[C@H](Sc1nnnn1-c1ccc(O)cc1)C(=O)NC(=O)NCc1ccccc1. The third-order valence-electron chi connectivity index (χ3n) is 3.72. The van der Waals surface area contributed by atoms with Crippen molar-refractivity contribution in [1.82, 2.24) is 30.8 Å². The minimum absolute atomic E-state index is 0.125. The second-order valence-electron chi connectivity index (χ2n) is 5.81. The average molecular weight is 398 g/mol. The van der Waals surface area contributed by atoms with E-state index in [1.165, 1.54) is 16.8 Å². The Bertz CT molecular complexity index is 945. The van der Waals surface area contributed by atoms with Crippen LogP contribution in [-0.2, 0) is 11.3 Å². The number of imide groups is 1. The van der Waals surface area contributed by atoms with Crippen LogP contribution >= 0.6 is 11.8 Å². The van der Waals surface area contributed by atoms with E-state index in [9.17, 15) is 14.7 Å². The van der Waals surface area contributed by atoms with Crippen LogP contribution in [0.15, 0.2) is 59.8 Å². The Morgan fingerprint density at radius 3 is 2.57 bits per heavy atom. The fraction of sp³-hybridized carbons (Fsp3) is 0.167. The molecule has 1 heterocycles. The van der Waals surface area contributed by atoms with E-state index in [0.29, 0.717) is 17.4 Å². The molecule has 3 N–H and O–H groups in total. The van der Waals surface area contributed by atoms with Crippen LogP contribution < -0.4 is 10.6 Å². The van der Waals surface area contributed by atoms with E-state index in [-0.39, 0.29) is 5.75 Å². The summed E-state index contributed by atoms with van der Waals surface area (Å²) in [4.78, 5) is 24.2. The van der Waals surface area contributed by atoms with Crippen molar-refractivity contribution in [1.29, 1.82) is 0 Å². The van der Waals surface area contributed by atoms with Gasteiger partial charge >= 0.3 is 6.03 Å². The summed E-state index contributed by atoms with van der Waals surface area (Å²) in [7, 11) is 0. The highest BCUT2D eigenvalue weighted by Crippen LogP contribution is 2.23. The van der Waals surface area contributed by atoms with Crippen LogP contribution in [0.5, 0.6) is 5.75 Å². The van der Waals surface area contributed by atoms with Crippen molar-refractivity contribution < 1.29 is 14.7 Å². The zero-order valence-corrected chi connectivity index (χ0v) is 15.8. The van der Waals surface area contributed by atoms with Gasteiger partial charge in [0.1, 0.15) is 5.75 Å². The minimum atomic E-state index is -0.607. The molecular weight excluding hydrogens is 380 g/mol. The molecule has 0 saturated carbocycles. The fourth-order valence-corrected chi connectivity index (χ4v) is 3.06. The van der Waals surface area contributed by atoms with Gasteiger partial charge < -0.3 is 10.4 Å². The molecule has 0 aliphatic rings. The molecule has 0 aliphatic carbocycles. The van der Waals surface area contributed by atoms with Crippen molar-refractivity contribution in [2.45, 2.75) is 23.9 Å². The number of nitrogens with zero attached hydrogens (tertiary/aromatic N) is 4. The topological polar surface area (TPSA) is 122 Å². The highest BCUT2D eigenvalue weighted by atomic mass is 32.2.